The molecule has 0 fully saturated rings. The minimum atomic E-state index is -0.617. The number of carbonyl (C=O) groups is 2. The largest absolute Gasteiger partial charge is 0.342 e. The summed E-state index contributed by atoms with van der Waals surface area (Å²) in [6, 6.07) is 10.6. The molecule has 166 valence electrons. The summed E-state index contributed by atoms with van der Waals surface area (Å²) in [5.41, 5.74) is 0.413. The molecule has 0 spiro atoms. The second kappa shape index (κ2) is 10.7. The van der Waals surface area contributed by atoms with E-state index in [1.54, 1.807) is 23.6 Å². The van der Waals surface area contributed by atoms with Crippen LogP contribution in [0.2, 0.25) is 0 Å². The maximum atomic E-state index is 13.9. The van der Waals surface area contributed by atoms with E-state index in [0.717, 1.165) is 11.8 Å². The minimum Gasteiger partial charge on any atom is -0.342 e. The molecule has 0 aliphatic heterocycles. The molecule has 2 amide bonds. The summed E-state index contributed by atoms with van der Waals surface area (Å²) >= 11 is 1.16. The first-order valence-electron chi connectivity index (χ1n) is 9.66. The molecule has 0 radical (unpaired) electrons. The predicted octanol–water partition coefficient (Wildman–Crippen LogP) is 3.96. The number of nitrogens with one attached hydrogen (secondary N) is 2. The second-order valence-electron chi connectivity index (χ2n) is 6.76. The van der Waals surface area contributed by atoms with Crippen LogP contribution in [0.5, 0.6) is 0 Å². The van der Waals surface area contributed by atoms with Crippen LogP contribution in [0.1, 0.15) is 29.1 Å². The molecule has 10 heteroatoms. The zero-order valence-corrected chi connectivity index (χ0v) is 18.0. The first kappa shape index (κ1) is 23.1. The van der Waals surface area contributed by atoms with Gasteiger partial charge in [0.25, 0.3) is 5.91 Å². The Hall–Kier alpha value is -3.53. The number of halogens is 2. The molecule has 7 nitrogen and oxygen atoms in total. The van der Waals surface area contributed by atoms with Gasteiger partial charge in [0.15, 0.2) is 11.0 Å². The fourth-order valence-electron chi connectivity index (χ4n) is 2.87. The number of anilines is 1. The van der Waals surface area contributed by atoms with Gasteiger partial charge in [-0.25, -0.2) is 8.78 Å². The molecule has 0 aliphatic rings. The highest BCUT2D eigenvalue weighted by Gasteiger charge is 2.21. The smallest absolute Gasteiger partial charge is 0.254 e. The summed E-state index contributed by atoms with van der Waals surface area (Å²) in [5.74, 6) is -1.39. The molecule has 0 aliphatic carbocycles. The molecule has 1 heterocycles. The second-order valence-corrected chi connectivity index (χ2v) is 7.70. The summed E-state index contributed by atoms with van der Waals surface area (Å²) in [4.78, 5) is 24.6. The standard InChI is InChI=1S/C22H21F2N5O2S/c1-3-12-29-20(14(2)25-21(31)17-6-4-5-7-18(17)24)27-28-22(29)32-13-19(30)26-16-10-8-15(23)9-11-16/h3-11,14H,1,12-13H2,2H3,(H,25,31)(H,26,30)/t14-/m1/s1. The van der Waals surface area contributed by atoms with E-state index in [2.05, 4.69) is 27.4 Å². The average molecular weight is 458 g/mol. The SMILES string of the molecule is C=CCn1c(SCC(=O)Nc2ccc(F)cc2)nnc1[C@@H](C)NC(=O)c1ccccc1F. The molecular weight excluding hydrogens is 436 g/mol. The van der Waals surface area contributed by atoms with E-state index < -0.39 is 23.6 Å². The lowest BCUT2D eigenvalue weighted by Crippen LogP contribution is -2.29. The molecule has 3 rings (SSSR count). The van der Waals surface area contributed by atoms with Gasteiger partial charge in [-0.2, -0.15) is 0 Å². The minimum absolute atomic E-state index is 0.0443. The van der Waals surface area contributed by atoms with Crippen molar-refractivity contribution in [3.05, 3.63) is 84.2 Å². The van der Waals surface area contributed by atoms with Gasteiger partial charge in [-0.1, -0.05) is 30.0 Å². The van der Waals surface area contributed by atoms with E-state index in [1.165, 1.54) is 42.5 Å². The highest BCUT2D eigenvalue weighted by molar-refractivity contribution is 7.99. The zero-order valence-electron chi connectivity index (χ0n) is 17.2. The summed E-state index contributed by atoms with van der Waals surface area (Å²) in [6.45, 7) is 5.78. The van der Waals surface area contributed by atoms with Crippen molar-refractivity contribution in [1.82, 2.24) is 20.1 Å². The molecule has 2 aromatic carbocycles. The van der Waals surface area contributed by atoms with Gasteiger partial charge in [0.1, 0.15) is 11.6 Å². The number of amides is 2. The maximum absolute atomic E-state index is 13.9. The summed E-state index contributed by atoms with van der Waals surface area (Å²) in [7, 11) is 0. The van der Waals surface area contributed by atoms with E-state index >= 15 is 0 Å². The Morgan fingerprint density at radius 3 is 2.56 bits per heavy atom. The van der Waals surface area contributed by atoms with Crippen LogP contribution in [0.3, 0.4) is 0 Å². The summed E-state index contributed by atoms with van der Waals surface area (Å²) in [5, 5.41) is 14.1. The lowest BCUT2D eigenvalue weighted by molar-refractivity contribution is -0.113. The quantitative estimate of drug-likeness (QED) is 0.375. The molecule has 2 N–H and O–H groups in total. The van der Waals surface area contributed by atoms with Crippen LogP contribution in [0.4, 0.5) is 14.5 Å². The fraction of sp³-hybridized carbons (Fsp3) is 0.182. The van der Waals surface area contributed by atoms with Crippen molar-refractivity contribution >= 4 is 29.3 Å². The van der Waals surface area contributed by atoms with Crippen LogP contribution >= 0.6 is 11.8 Å². The van der Waals surface area contributed by atoms with Crippen LogP contribution < -0.4 is 10.6 Å². The van der Waals surface area contributed by atoms with Crippen LogP contribution in [0.25, 0.3) is 0 Å². The van der Waals surface area contributed by atoms with Gasteiger partial charge in [-0.15, -0.1) is 16.8 Å². The third-order valence-corrected chi connectivity index (χ3v) is 5.34. The van der Waals surface area contributed by atoms with Crippen molar-refractivity contribution in [2.75, 3.05) is 11.1 Å². The summed E-state index contributed by atoms with van der Waals surface area (Å²) < 4.78 is 28.6. The van der Waals surface area contributed by atoms with E-state index in [-0.39, 0.29) is 17.2 Å². The molecule has 1 atom stereocenters. The Kier molecular flexibility index (Phi) is 7.72. The Bertz CT molecular complexity index is 1120. The highest BCUT2D eigenvalue weighted by atomic mass is 32.2. The number of nitrogens with zero attached hydrogens (tertiary/aromatic N) is 3. The molecule has 1 aromatic heterocycles. The Labute approximate surface area is 187 Å². The van der Waals surface area contributed by atoms with Crippen molar-refractivity contribution in [2.45, 2.75) is 24.7 Å². The number of allylic oxidation sites excluding steroid dienone is 1. The average Bonchev–Trinajstić information content (AvgIpc) is 3.17. The molecule has 32 heavy (non-hydrogen) atoms. The van der Waals surface area contributed by atoms with E-state index in [4.69, 9.17) is 0 Å². The third kappa shape index (κ3) is 5.79. The Morgan fingerprint density at radius 1 is 1.16 bits per heavy atom. The molecule has 0 saturated heterocycles. The molecular formula is C22H21F2N5O2S. The van der Waals surface area contributed by atoms with Gasteiger partial charge in [0.2, 0.25) is 5.91 Å². The number of hydrogen-bond acceptors (Lipinski definition) is 5. The fourth-order valence-corrected chi connectivity index (χ4v) is 3.63. The summed E-state index contributed by atoms with van der Waals surface area (Å²) in [6.07, 6.45) is 1.64. The molecule has 0 unspecified atom stereocenters. The normalized spacial score (nSPS) is 11.6. The predicted molar refractivity (Wildman–Crippen MR) is 118 cm³/mol. The number of carbonyl (C=O) groups excluding carboxylic acids is 2. The lowest BCUT2D eigenvalue weighted by Gasteiger charge is -2.15. The van der Waals surface area contributed by atoms with Crippen molar-refractivity contribution in [1.29, 1.82) is 0 Å². The topological polar surface area (TPSA) is 88.9 Å². The number of aromatic nitrogens is 3. The van der Waals surface area contributed by atoms with Crippen molar-refractivity contribution < 1.29 is 18.4 Å². The third-order valence-electron chi connectivity index (χ3n) is 4.37. The van der Waals surface area contributed by atoms with Crippen LogP contribution in [0.15, 0.2) is 66.3 Å². The maximum Gasteiger partial charge on any atom is 0.254 e. The first-order chi connectivity index (χ1) is 15.4. The van der Waals surface area contributed by atoms with Crippen LogP contribution in [-0.2, 0) is 11.3 Å². The van der Waals surface area contributed by atoms with Crippen molar-refractivity contribution in [2.24, 2.45) is 0 Å². The van der Waals surface area contributed by atoms with Gasteiger partial charge in [-0.3, -0.25) is 9.59 Å². The highest BCUT2D eigenvalue weighted by Crippen LogP contribution is 2.22. The number of rotatable bonds is 9. The monoisotopic (exact) mass is 457 g/mol. The zero-order chi connectivity index (χ0) is 23.1. The van der Waals surface area contributed by atoms with Crippen LogP contribution in [0, 0.1) is 11.6 Å². The van der Waals surface area contributed by atoms with Gasteiger partial charge >= 0.3 is 0 Å². The first-order valence-corrected chi connectivity index (χ1v) is 10.6. The van der Waals surface area contributed by atoms with Gasteiger partial charge in [0, 0.05) is 12.2 Å². The number of benzene rings is 2. The Morgan fingerprint density at radius 2 is 1.88 bits per heavy atom. The van der Waals surface area contributed by atoms with Gasteiger partial charge < -0.3 is 15.2 Å². The van der Waals surface area contributed by atoms with E-state index in [0.29, 0.717) is 23.2 Å². The molecule has 3 aromatic rings. The number of hydrogen-bond donors (Lipinski definition) is 2. The Balaban J connectivity index is 1.67. The van der Waals surface area contributed by atoms with Gasteiger partial charge in [-0.05, 0) is 43.3 Å². The molecule has 0 saturated carbocycles. The lowest BCUT2D eigenvalue weighted by atomic mass is 10.2. The molecule has 0 bridgehead atoms. The van der Waals surface area contributed by atoms with Crippen molar-refractivity contribution in [3.63, 3.8) is 0 Å². The van der Waals surface area contributed by atoms with E-state index in [9.17, 15) is 18.4 Å². The van der Waals surface area contributed by atoms with Crippen LogP contribution in [-0.4, -0.2) is 32.3 Å². The van der Waals surface area contributed by atoms with Gasteiger partial charge in [0.05, 0.1) is 17.4 Å². The number of thioether (sulfide) groups is 1. The van der Waals surface area contributed by atoms with Crippen molar-refractivity contribution in [3.8, 4) is 0 Å². The van der Waals surface area contributed by atoms with E-state index in [1.807, 2.05) is 0 Å².